The molecule has 0 spiro atoms. The van der Waals surface area contributed by atoms with Gasteiger partial charge in [-0.15, -0.1) is 0 Å². The van der Waals surface area contributed by atoms with E-state index in [1.165, 1.54) is 44.3 Å². The van der Waals surface area contributed by atoms with Crippen molar-refractivity contribution in [2.75, 3.05) is 32.8 Å². The van der Waals surface area contributed by atoms with E-state index in [2.05, 4.69) is 21.3 Å². The summed E-state index contributed by atoms with van der Waals surface area (Å²) in [5.41, 5.74) is 7.26. The van der Waals surface area contributed by atoms with E-state index in [1.54, 1.807) is 0 Å². The number of hydrogen-bond donors (Lipinski definition) is 2. The number of nitrogens with one attached hydrogen (secondary N) is 1. The molecule has 1 unspecified atom stereocenters. The van der Waals surface area contributed by atoms with Crippen molar-refractivity contribution in [1.82, 2.24) is 10.2 Å². The fraction of sp³-hybridized carbons (Fsp3) is 0.611. The van der Waals surface area contributed by atoms with Gasteiger partial charge in [0.1, 0.15) is 5.75 Å². The predicted octanol–water partition coefficient (Wildman–Crippen LogP) is 2.29. The van der Waals surface area contributed by atoms with Crippen LogP contribution in [-0.4, -0.2) is 43.6 Å². The van der Waals surface area contributed by atoms with Crippen molar-refractivity contribution in [1.29, 1.82) is 0 Å². The molecule has 3 N–H and O–H groups in total. The van der Waals surface area contributed by atoms with Crippen LogP contribution >= 0.6 is 0 Å². The molecule has 0 aromatic heterocycles. The van der Waals surface area contributed by atoms with E-state index in [4.69, 9.17) is 10.5 Å². The summed E-state index contributed by atoms with van der Waals surface area (Å²) in [7, 11) is 0. The molecule has 2 heterocycles. The first-order valence-electron chi connectivity index (χ1n) is 8.83. The van der Waals surface area contributed by atoms with E-state index in [-0.39, 0.29) is 6.04 Å². The van der Waals surface area contributed by atoms with Gasteiger partial charge in [-0.3, -0.25) is 4.99 Å². The molecular weight excluding hydrogens is 288 g/mol. The average molecular weight is 316 g/mol. The fourth-order valence-corrected chi connectivity index (χ4v) is 3.39. The summed E-state index contributed by atoms with van der Waals surface area (Å²) in [6.45, 7) is 4.90. The topological polar surface area (TPSA) is 62.9 Å². The zero-order valence-corrected chi connectivity index (χ0v) is 13.8. The Labute approximate surface area is 138 Å². The SMILES string of the molecule is NC(=NCCN1CCCCCC1)NC1CCOc2ccccc21. The molecule has 0 bridgehead atoms. The zero-order chi connectivity index (χ0) is 15.9. The molecule has 0 radical (unpaired) electrons. The van der Waals surface area contributed by atoms with Crippen molar-refractivity contribution in [2.45, 2.75) is 38.1 Å². The molecule has 1 atom stereocenters. The number of likely N-dealkylation sites (tertiary alicyclic amines) is 1. The van der Waals surface area contributed by atoms with E-state index in [9.17, 15) is 0 Å². The minimum atomic E-state index is 0.196. The summed E-state index contributed by atoms with van der Waals surface area (Å²) in [4.78, 5) is 7.02. The molecule has 2 aliphatic heterocycles. The van der Waals surface area contributed by atoms with Crippen LogP contribution in [-0.2, 0) is 0 Å². The lowest BCUT2D eigenvalue weighted by Gasteiger charge is -2.27. The van der Waals surface area contributed by atoms with Gasteiger partial charge in [-0.2, -0.15) is 0 Å². The van der Waals surface area contributed by atoms with Crippen LogP contribution in [0.3, 0.4) is 0 Å². The molecule has 0 saturated carbocycles. The van der Waals surface area contributed by atoms with Gasteiger partial charge in [0.2, 0.25) is 0 Å². The second-order valence-electron chi connectivity index (χ2n) is 6.39. The number of ether oxygens (including phenoxy) is 1. The molecule has 1 fully saturated rings. The summed E-state index contributed by atoms with van der Waals surface area (Å²) in [6.07, 6.45) is 6.28. The van der Waals surface area contributed by atoms with E-state index in [0.717, 1.165) is 31.9 Å². The standard InChI is InChI=1S/C18H28N4O/c19-18(20-10-13-22-11-5-1-2-6-12-22)21-16-9-14-23-17-8-4-3-7-15(16)17/h3-4,7-8,16H,1-2,5-6,9-14H2,(H3,19,20,21). The number of para-hydroxylation sites is 1. The molecule has 126 valence electrons. The second-order valence-corrected chi connectivity index (χ2v) is 6.39. The van der Waals surface area contributed by atoms with E-state index in [1.807, 2.05) is 18.2 Å². The molecule has 5 heteroatoms. The van der Waals surface area contributed by atoms with Crippen LogP contribution in [0, 0.1) is 0 Å². The molecule has 0 aliphatic carbocycles. The number of aliphatic imine (C=N–C) groups is 1. The minimum absolute atomic E-state index is 0.196. The van der Waals surface area contributed by atoms with Crippen LogP contribution in [0.15, 0.2) is 29.3 Å². The summed E-state index contributed by atoms with van der Waals surface area (Å²) < 4.78 is 5.68. The van der Waals surface area contributed by atoms with Gasteiger partial charge in [-0.05, 0) is 32.0 Å². The maximum Gasteiger partial charge on any atom is 0.189 e. The van der Waals surface area contributed by atoms with Crippen LogP contribution in [0.2, 0.25) is 0 Å². The number of nitrogens with zero attached hydrogens (tertiary/aromatic N) is 2. The number of fused-ring (bicyclic) bond motifs is 1. The monoisotopic (exact) mass is 316 g/mol. The van der Waals surface area contributed by atoms with Gasteiger partial charge in [-0.25, -0.2) is 0 Å². The number of hydrogen-bond acceptors (Lipinski definition) is 3. The quantitative estimate of drug-likeness (QED) is 0.661. The van der Waals surface area contributed by atoms with Crippen molar-refractivity contribution in [2.24, 2.45) is 10.7 Å². The second kappa shape index (κ2) is 8.20. The highest BCUT2D eigenvalue weighted by Crippen LogP contribution is 2.31. The van der Waals surface area contributed by atoms with Crippen molar-refractivity contribution in [3.8, 4) is 5.75 Å². The van der Waals surface area contributed by atoms with Crippen LogP contribution in [0.5, 0.6) is 5.75 Å². The van der Waals surface area contributed by atoms with E-state index in [0.29, 0.717) is 5.96 Å². The lowest BCUT2D eigenvalue weighted by molar-refractivity contribution is 0.262. The van der Waals surface area contributed by atoms with Crippen LogP contribution in [0.25, 0.3) is 0 Å². The Hall–Kier alpha value is -1.75. The average Bonchev–Trinajstić information content (AvgIpc) is 2.84. The van der Waals surface area contributed by atoms with Gasteiger partial charge >= 0.3 is 0 Å². The number of guanidine groups is 1. The van der Waals surface area contributed by atoms with E-state index < -0.39 is 0 Å². The number of nitrogens with two attached hydrogens (primary N) is 1. The van der Waals surface area contributed by atoms with Gasteiger partial charge in [-0.1, -0.05) is 31.0 Å². The molecule has 23 heavy (non-hydrogen) atoms. The maximum atomic E-state index is 6.09. The molecule has 1 saturated heterocycles. The van der Waals surface area contributed by atoms with Crippen molar-refractivity contribution >= 4 is 5.96 Å². The summed E-state index contributed by atoms with van der Waals surface area (Å²) >= 11 is 0. The Morgan fingerprint density at radius 2 is 2.00 bits per heavy atom. The van der Waals surface area contributed by atoms with Crippen LogP contribution < -0.4 is 15.8 Å². The zero-order valence-electron chi connectivity index (χ0n) is 13.8. The Morgan fingerprint density at radius 1 is 1.22 bits per heavy atom. The van der Waals surface area contributed by atoms with Gasteiger partial charge in [0.15, 0.2) is 5.96 Å². The molecule has 5 nitrogen and oxygen atoms in total. The van der Waals surface area contributed by atoms with Crippen LogP contribution in [0.4, 0.5) is 0 Å². The lowest BCUT2D eigenvalue weighted by Crippen LogP contribution is -2.38. The number of rotatable bonds is 4. The minimum Gasteiger partial charge on any atom is -0.493 e. The van der Waals surface area contributed by atoms with Crippen molar-refractivity contribution in [3.63, 3.8) is 0 Å². The van der Waals surface area contributed by atoms with Gasteiger partial charge in [0, 0.05) is 18.5 Å². The molecule has 0 amide bonds. The third kappa shape index (κ3) is 4.61. The summed E-state index contributed by atoms with van der Waals surface area (Å²) in [6, 6.07) is 8.34. The highest BCUT2D eigenvalue weighted by Gasteiger charge is 2.21. The van der Waals surface area contributed by atoms with Crippen LogP contribution in [0.1, 0.15) is 43.7 Å². The van der Waals surface area contributed by atoms with Gasteiger partial charge in [0.25, 0.3) is 0 Å². The van der Waals surface area contributed by atoms with E-state index >= 15 is 0 Å². The Morgan fingerprint density at radius 3 is 2.83 bits per heavy atom. The van der Waals surface area contributed by atoms with Gasteiger partial charge in [0.05, 0.1) is 19.2 Å². The largest absolute Gasteiger partial charge is 0.493 e. The normalized spacial score (nSPS) is 22.8. The molecule has 3 rings (SSSR count). The Balaban J connectivity index is 1.50. The highest BCUT2D eigenvalue weighted by atomic mass is 16.5. The summed E-state index contributed by atoms with van der Waals surface area (Å²) in [5.74, 6) is 1.50. The summed E-state index contributed by atoms with van der Waals surface area (Å²) in [5, 5.41) is 3.35. The highest BCUT2D eigenvalue weighted by molar-refractivity contribution is 5.78. The first-order valence-corrected chi connectivity index (χ1v) is 8.83. The smallest absolute Gasteiger partial charge is 0.189 e. The third-order valence-electron chi connectivity index (χ3n) is 4.68. The first kappa shape index (κ1) is 16.1. The Kier molecular flexibility index (Phi) is 5.75. The Bertz CT molecular complexity index is 524. The third-order valence-corrected chi connectivity index (χ3v) is 4.68. The fourth-order valence-electron chi connectivity index (χ4n) is 3.39. The first-order chi connectivity index (χ1) is 11.3. The lowest BCUT2D eigenvalue weighted by atomic mass is 10.0. The van der Waals surface area contributed by atoms with Crippen molar-refractivity contribution in [3.05, 3.63) is 29.8 Å². The molecule has 1 aromatic carbocycles. The predicted molar refractivity (Wildman–Crippen MR) is 93.8 cm³/mol. The molecule has 1 aromatic rings. The number of benzene rings is 1. The van der Waals surface area contributed by atoms with Crippen molar-refractivity contribution < 1.29 is 4.74 Å². The molecular formula is C18H28N4O. The molecule has 2 aliphatic rings. The van der Waals surface area contributed by atoms with Gasteiger partial charge < -0.3 is 20.7 Å². The maximum absolute atomic E-state index is 6.09.